The van der Waals surface area contributed by atoms with Gasteiger partial charge in [0.2, 0.25) is 0 Å². The van der Waals surface area contributed by atoms with Crippen molar-refractivity contribution in [3.8, 4) is 0 Å². The summed E-state index contributed by atoms with van der Waals surface area (Å²) in [7, 11) is 0. The van der Waals surface area contributed by atoms with Crippen LogP contribution in [0, 0.1) is 17.8 Å². The first kappa shape index (κ1) is 31.5. The van der Waals surface area contributed by atoms with Crippen LogP contribution in [0.25, 0.3) is 0 Å². The third kappa shape index (κ3) is 16.2. The van der Waals surface area contributed by atoms with Gasteiger partial charge in [0.05, 0.1) is 19.8 Å². The maximum atomic E-state index is 9.82. The average Bonchev–Trinajstić information content (AvgIpc) is 2.74. The first-order chi connectivity index (χ1) is 15.1. The largest absolute Gasteiger partial charge is 0.394 e. The van der Waals surface area contributed by atoms with Crippen LogP contribution in [0.5, 0.6) is 0 Å². The third-order valence-corrected chi connectivity index (χ3v) is 6.30. The maximum Gasteiger partial charge on any atom is 0.111 e. The highest BCUT2D eigenvalue weighted by Crippen LogP contribution is 2.22. The van der Waals surface area contributed by atoms with E-state index in [9.17, 15) is 20.4 Å². The lowest BCUT2D eigenvalue weighted by Crippen LogP contribution is -2.47. The van der Waals surface area contributed by atoms with E-state index in [1.165, 1.54) is 50.5 Å². The lowest BCUT2D eigenvalue weighted by atomic mass is 9.91. The molecule has 0 amide bonds. The van der Waals surface area contributed by atoms with Crippen molar-refractivity contribution in [1.29, 1.82) is 0 Å². The Kier molecular flexibility index (Phi) is 18.6. The van der Waals surface area contributed by atoms with Crippen LogP contribution < -0.4 is 0 Å². The molecule has 0 aliphatic rings. The first-order valence-corrected chi connectivity index (χ1v) is 12.6. The zero-order chi connectivity index (χ0) is 24.5. The van der Waals surface area contributed by atoms with Crippen molar-refractivity contribution in [3.05, 3.63) is 11.6 Å². The van der Waals surface area contributed by atoms with E-state index in [2.05, 4.69) is 34.6 Å². The van der Waals surface area contributed by atoms with Crippen LogP contribution >= 0.6 is 0 Å². The van der Waals surface area contributed by atoms with Gasteiger partial charge in [0.25, 0.3) is 0 Å². The molecule has 0 radical (unpaired) electrons. The van der Waals surface area contributed by atoms with Crippen molar-refractivity contribution >= 4 is 0 Å². The van der Waals surface area contributed by atoms with E-state index in [0.717, 1.165) is 30.6 Å². The van der Waals surface area contributed by atoms with Gasteiger partial charge in [0.15, 0.2) is 0 Å². The summed E-state index contributed by atoms with van der Waals surface area (Å²) in [5.41, 5.74) is 1.24. The fourth-order valence-corrected chi connectivity index (χ4v) is 3.86. The summed E-state index contributed by atoms with van der Waals surface area (Å²) in [5, 5.41) is 47.2. The molecule has 0 saturated carbocycles. The summed E-state index contributed by atoms with van der Waals surface area (Å²) >= 11 is 0. The lowest BCUT2D eigenvalue weighted by molar-refractivity contribution is -0.127. The molecule has 0 bridgehead atoms. The Bertz CT molecular complexity index is 467. The van der Waals surface area contributed by atoms with Gasteiger partial charge < -0.3 is 30.3 Å². The number of hydrogen-bond acceptors (Lipinski definition) is 6. The van der Waals surface area contributed by atoms with Gasteiger partial charge in [-0.25, -0.2) is 0 Å². The monoisotopic (exact) mass is 460 g/mol. The molecule has 0 spiro atoms. The van der Waals surface area contributed by atoms with Gasteiger partial charge in [-0.1, -0.05) is 84.3 Å². The summed E-state index contributed by atoms with van der Waals surface area (Å²) in [6, 6.07) is 0. The zero-order valence-electron chi connectivity index (χ0n) is 21.2. The average molecular weight is 461 g/mol. The Balaban J connectivity index is 3.87. The summed E-state index contributed by atoms with van der Waals surface area (Å²) < 4.78 is 5.35. The van der Waals surface area contributed by atoms with Crippen LogP contribution in [-0.2, 0) is 4.74 Å². The highest BCUT2D eigenvalue weighted by molar-refractivity contribution is 4.97. The molecule has 192 valence electrons. The number of aliphatic hydroxyl groups is 5. The SMILES string of the molecule is C/C(=C\COC[C@H](O)[C@H](O)[C@@H](O)[C@@H](O)CO)CCCC(C)CCCC(C)CCCC(C)C. The summed E-state index contributed by atoms with van der Waals surface area (Å²) in [6.07, 6.45) is 7.38. The Morgan fingerprint density at radius 2 is 1.25 bits per heavy atom. The predicted octanol–water partition coefficient (Wildman–Crippen LogP) is 3.82. The molecule has 6 nitrogen and oxygen atoms in total. The molecule has 0 aliphatic heterocycles. The van der Waals surface area contributed by atoms with Gasteiger partial charge in [-0.05, 0) is 37.5 Å². The summed E-state index contributed by atoms with van der Waals surface area (Å²) in [6.45, 7) is 10.9. The van der Waals surface area contributed by atoms with Crippen molar-refractivity contribution in [3.63, 3.8) is 0 Å². The Morgan fingerprint density at radius 1 is 0.750 bits per heavy atom. The number of ether oxygens (including phenoxy) is 1. The maximum absolute atomic E-state index is 9.82. The van der Waals surface area contributed by atoms with Crippen LogP contribution in [0.4, 0.5) is 0 Å². The molecule has 5 N–H and O–H groups in total. The topological polar surface area (TPSA) is 110 Å². The van der Waals surface area contributed by atoms with E-state index in [1.54, 1.807) is 0 Å². The Hall–Kier alpha value is -0.500. The van der Waals surface area contributed by atoms with Crippen molar-refractivity contribution in [2.24, 2.45) is 17.8 Å². The quantitative estimate of drug-likeness (QED) is 0.140. The zero-order valence-corrected chi connectivity index (χ0v) is 21.2. The molecular weight excluding hydrogens is 408 g/mol. The van der Waals surface area contributed by atoms with E-state index in [1.807, 2.05) is 6.08 Å². The lowest BCUT2D eigenvalue weighted by Gasteiger charge is -2.25. The molecule has 0 aromatic heterocycles. The highest BCUT2D eigenvalue weighted by Gasteiger charge is 2.29. The van der Waals surface area contributed by atoms with Crippen molar-refractivity contribution in [2.75, 3.05) is 19.8 Å². The van der Waals surface area contributed by atoms with E-state index in [0.29, 0.717) is 6.61 Å². The van der Waals surface area contributed by atoms with Gasteiger partial charge in [-0.3, -0.25) is 0 Å². The van der Waals surface area contributed by atoms with Crippen LogP contribution in [0.15, 0.2) is 11.6 Å². The molecule has 6 atom stereocenters. The van der Waals surface area contributed by atoms with Crippen LogP contribution in [0.3, 0.4) is 0 Å². The van der Waals surface area contributed by atoms with E-state index in [-0.39, 0.29) is 6.61 Å². The minimum atomic E-state index is -1.62. The summed E-state index contributed by atoms with van der Waals surface area (Å²) in [4.78, 5) is 0. The van der Waals surface area contributed by atoms with Crippen molar-refractivity contribution < 1.29 is 30.3 Å². The standard InChI is InChI=1S/C26H52O6/c1-19(2)9-6-10-20(3)11-7-12-21(4)13-8-14-22(5)15-16-32-18-24(29)26(31)25(30)23(28)17-27/h15,19-21,23-31H,6-14,16-18H2,1-5H3/b22-15+/t20?,21?,23-,24-,25-,26-/m0/s1. The highest BCUT2D eigenvalue weighted by atomic mass is 16.5. The van der Waals surface area contributed by atoms with Gasteiger partial charge in [0, 0.05) is 0 Å². The minimum Gasteiger partial charge on any atom is -0.394 e. The van der Waals surface area contributed by atoms with E-state index >= 15 is 0 Å². The van der Waals surface area contributed by atoms with Crippen molar-refractivity contribution in [1.82, 2.24) is 0 Å². The van der Waals surface area contributed by atoms with Gasteiger partial charge >= 0.3 is 0 Å². The second-order valence-corrected chi connectivity index (χ2v) is 10.2. The smallest absolute Gasteiger partial charge is 0.111 e. The molecule has 0 aliphatic carbocycles. The molecule has 32 heavy (non-hydrogen) atoms. The van der Waals surface area contributed by atoms with Crippen molar-refractivity contribution in [2.45, 2.75) is 117 Å². The normalized spacial score (nSPS) is 18.4. The molecule has 0 rings (SSSR count). The van der Waals surface area contributed by atoms with Gasteiger partial charge in [-0.15, -0.1) is 0 Å². The Labute approximate surface area is 196 Å². The third-order valence-electron chi connectivity index (χ3n) is 6.30. The molecule has 0 aromatic rings. The Morgan fingerprint density at radius 3 is 1.78 bits per heavy atom. The molecular formula is C26H52O6. The van der Waals surface area contributed by atoms with E-state index in [4.69, 9.17) is 9.84 Å². The molecule has 0 aromatic carbocycles. The number of rotatable bonds is 20. The molecule has 0 saturated heterocycles. The minimum absolute atomic E-state index is 0.160. The van der Waals surface area contributed by atoms with Crippen LogP contribution in [0.2, 0.25) is 0 Å². The summed E-state index contributed by atoms with van der Waals surface area (Å²) in [5.74, 6) is 2.41. The van der Waals surface area contributed by atoms with Gasteiger partial charge in [-0.2, -0.15) is 0 Å². The van der Waals surface area contributed by atoms with Gasteiger partial charge in [0.1, 0.15) is 24.4 Å². The fraction of sp³-hybridized carbons (Fsp3) is 0.923. The molecule has 6 heteroatoms. The molecule has 0 heterocycles. The predicted molar refractivity (Wildman–Crippen MR) is 130 cm³/mol. The molecule has 2 unspecified atom stereocenters. The number of aliphatic hydroxyl groups excluding tert-OH is 5. The fourth-order valence-electron chi connectivity index (χ4n) is 3.86. The first-order valence-electron chi connectivity index (χ1n) is 12.6. The van der Waals surface area contributed by atoms with E-state index < -0.39 is 31.0 Å². The molecule has 0 fully saturated rings. The number of allylic oxidation sites excluding steroid dienone is 1. The van der Waals surface area contributed by atoms with Crippen LogP contribution in [0.1, 0.15) is 92.4 Å². The second-order valence-electron chi connectivity index (χ2n) is 10.2. The van der Waals surface area contributed by atoms with Crippen LogP contribution in [-0.4, -0.2) is 69.8 Å². The number of hydrogen-bond donors (Lipinski definition) is 5. The second kappa shape index (κ2) is 18.9.